The van der Waals surface area contributed by atoms with Crippen LogP contribution in [0.5, 0.6) is 0 Å². The second kappa shape index (κ2) is 6.63. The van der Waals surface area contributed by atoms with Gasteiger partial charge in [-0.15, -0.1) is 0 Å². The molecule has 1 atom stereocenters. The Balaban J connectivity index is 1.65. The van der Waals surface area contributed by atoms with Gasteiger partial charge in [0.05, 0.1) is 0 Å². The fraction of sp³-hybridized carbons (Fsp3) is 0.556. The number of hydrogen-bond donors (Lipinski definition) is 0. The third-order valence-electron chi connectivity index (χ3n) is 4.28. The minimum Gasteiger partial charge on any atom is -0.444 e. The van der Waals surface area contributed by atoms with Crippen molar-refractivity contribution in [1.29, 1.82) is 0 Å². The fourth-order valence-electron chi connectivity index (χ4n) is 2.99. The van der Waals surface area contributed by atoms with Crippen LogP contribution in [-0.2, 0) is 11.3 Å². The molecule has 2 heterocycles. The molecule has 1 amide bonds. The van der Waals surface area contributed by atoms with Crippen molar-refractivity contribution in [1.82, 2.24) is 15.0 Å². The Morgan fingerprint density at radius 3 is 2.84 bits per heavy atom. The Kier molecular flexibility index (Phi) is 4.69. The third-order valence-corrected chi connectivity index (χ3v) is 4.28. The van der Waals surface area contributed by atoms with E-state index in [1.165, 1.54) is 12.1 Å². The van der Waals surface area contributed by atoms with Crippen LogP contribution in [0.25, 0.3) is 11.0 Å². The van der Waals surface area contributed by atoms with Crippen molar-refractivity contribution in [3.63, 3.8) is 0 Å². The fourth-order valence-corrected chi connectivity index (χ4v) is 2.99. The van der Waals surface area contributed by atoms with Crippen LogP contribution in [0, 0.1) is 5.82 Å². The molecular formula is C18H24FN3O3. The summed E-state index contributed by atoms with van der Waals surface area (Å²) in [7, 11) is 0. The van der Waals surface area contributed by atoms with Crippen LogP contribution < -0.4 is 0 Å². The molecule has 0 aliphatic carbocycles. The maximum atomic E-state index is 13.5. The summed E-state index contributed by atoms with van der Waals surface area (Å²) in [5.74, 6) is -0.306. The van der Waals surface area contributed by atoms with Crippen molar-refractivity contribution >= 4 is 17.1 Å². The number of aromatic nitrogens is 1. The monoisotopic (exact) mass is 349 g/mol. The molecule has 0 radical (unpaired) electrons. The molecule has 0 saturated carbocycles. The van der Waals surface area contributed by atoms with E-state index in [-0.39, 0.29) is 18.0 Å². The minimum atomic E-state index is -0.499. The van der Waals surface area contributed by atoms with Gasteiger partial charge < -0.3 is 14.2 Å². The highest BCUT2D eigenvalue weighted by Crippen LogP contribution is 2.23. The number of benzene rings is 1. The van der Waals surface area contributed by atoms with E-state index in [0.717, 1.165) is 0 Å². The Hall–Kier alpha value is -2.15. The van der Waals surface area contributed by atoms with E-state index in [4.69, 9.17) is 9.26 Å². The highest BCUT2D eigenvalue weighted by atomic mass is 19.1. The van der Waals surface area contributed by atoms with Gasteiger partial charge >= 0.3 is 6.09 Å². The third kappa shape index (κ3) is 4.10. The smallest absolute Gasteiger partial charge is 0.410 e. The molecule has 1 aromatic heterocycles. The summed E-state index contributed by atoms with van der Waals surface area (Å²) in [5.41, 5.74) is 0.796. The van der Waals surface area contributed by atoms with E-state index in [9.17, 15) is 9.18 Å². The second-order valence-electron chi connectivity index (χ2n) is 7.52. The van der Waals surface area contributed by atoms with Crippen LogP contribution in [0.1, 0.15) is 33.4 Å². The zero-order chi connectivity index (χ0) is 18.2. The SMILES string of the molecule is CC1CN(C(=O)OC(C)(C)C)CCN1Cc1noc2ccc(F)cc12. The lowest BCUT2D eigenvalue weighted by Crippen LogP contribution is -2.54. The molecule has 1 fully saturated rings. The molecule has 1 saturated heterocycles. The zero-order valence-corrected chi connectivity index (χ0v) is 15.1. The maximum absolute atomic E-state index is 13.5. The van der Waals surface area contributed by atoms with Crippen LogP contribution >= 0.6 is 0 Å². The van der Waals surface area contributed by atoms with Crippen molar-refractivity contribution in [3.8, 4) is 0 Å². The van der Waals surface area contributed by atoms with Gasteiger partial charge in [0.15, 0.2) is 5.58 Å². The quantitative estimate of drug-likeness (QED) is 0.832. The molecule has 2 aromatic rings. The standard InChI is InChI=1S/C18H24FN3O3/c1-12-10-22(17(23)24-18(2,3)4)8-7-21(12)11-15-14-9-13(19)5-6-16(14)25-20-15/h5-6,9,12H,7-8,10-11H2,1-4H3. The summed E-state index contributed by atoms with van der Waals surface area (Å²) < 4.78 is 24.2. The zero-order valence-electron chi connectivity index (χ0n) is 15.1. The Morgan fingerprint density at radius 1 is 1.40 bits per heavy atom. The number of carbonyl (C=O) groups is 1. The largest absolute Gasteiger partial charge is 0.444 e. The number of ether oxygens (including phenoxy) is 1. The number of carbonyl (C=O) groups excluding carboxylic acids is 1. The molecule has 6 nitrogen and oxygen atoms in total. The van der Waals surface area contributed by atoms with Crippen LogP contribution in [0.3, 0.4) is 0 Å². The van der Waals surface area contributed by atoms with E-state index in [1.807, 2.05) is 20.8 Å². The summed E-state index contributed by atoms with van der Waals surface area (Å²) in [5, 5.41) is 4.78. The molecule has 0 N–H and O–H groups in total. The van der Waals surface area contributed by atoms with Crippen LogP contribution in [0.4, 0.5) is 9.18 Å². The molecule has 0 spiro atoms. The van der Waals surface area contributed by atoms with Gasteiger partial charge in [0.2, 0.25) is 0 Å². The first-order valence-corrected chi connectivity index (χ1v) is 8.49. The molecule has 136 valence electrons. The van der Waals surface area contributed by atoms with E-state index >= 15 is 0 Å². The molecule has 0 bridgehead atoms. The van der Waals surface area contributed by atoms with Crippen molar-refractivity contribution in [3.05, 3.63) is 29.7 Å². The molecule has 25 heavy (non-hydrogen) atoms. The minimum absolute atomic E-state index is 0.140. The van der Waals surface area contributed by atoms with Gasteiger partial charge in [-0.2, -0.15) is 0 Å². The summed E-state index contributed by atoms with van der Waals surface area (Å²) in [4.78, 5) is 16.2. The highest BCUT2D eigenvalue weighted by molar-refractivity contribution is 5.79. The normalized spacial score (nSPS) is 19.4. The van der Waals surface area contributed by atoms with Crippen LogP contribution in [0.2, 0.25) is 0 Å². The molecule has 1 aliphatic rings. The Bertz CT molecular complexity index is 769. The second-order valence-corrected chi connectivity index (χ2v) is 7.52. The molecule has 1 aromatic carbocycles. The lowest BCUT2D eigenvalue weighted by atomic mass is 10.1. The predicted octanol–water partition coefficient (Wildman–Crippen LogP) is 3.41. The number of amides is 1. The summed E-state index contributed by atoms with van der Waals surface area (Å²) in [6, 6.07) is 4.54. The molecule has 1 aliphatic heterocycles. The molecular weight excluding hydrogens is 325 g/mol. The van der Waals surface area contributed by atoms with Gasteiger partial charge in [-0.1, -0.05) is 5.16 Å². The Morgan fingerprint density at radius 2 is 2.16 bits per heavy atom. The van der Waals surface area contributed by atoms with Crippen LogP contribution in [-0.4, -0.2) is 52.3 Å². The highest BCUT2D eigenvalue weighted by Gasteiger charge is 2.30. The lowest BCUT2D eigenvalue weighted by molar-refractivity contribution is 0.00437. The number of halogens is 1. The summed E-state index contributed by atoms with van der Waals surface area (Å²) in [6.07, 6.45) is -0.284. The van der Waals surface area contributed by atoms with Crippen molar-refractivity contribution in [2.45, 2.75) is 45.9 Å². The Labute approximate surface area is 146 Å². The first-order chi connectivity index (χ1) is 11.7. The molecule has 3 rings (SSSR count). The number of hydrogen-bond acceptors (Lipinski definition) is 5. The van der Waals surface area contributed by atoms with Crippen molar-refractivity contribution < 1.29 is 18.4 Å². The number of piperazine rings is 1. The summed E-state index contributed by atoms with van der Waals surface area (Å²) in [6.45, 7) is 10.1. The molecule has 7 heteroatoms. The van der Waals surface area contributed by atoms with Gasteiger partial charge in [0, 0.05) is 37.6 Å². The van der Waals surface area contributed by atoms with E-state index in [0.29, 0.717) is 42.8 Å². The maximum Gasteiger partial charge on any atom is 0.410 e. The van der Waals surface area contributed by atoms with Gasteiger partial charge in [-0.25, -0.2) is 9.18 Å². The van der Waals surface area contributed by atoms with Gasteiger partial charge in [-0.05, 0) is 45.9 Å². The summed E-state index contributed by atoms with van der Waals surface area (Å²) >= 11 is 0. The van der Waals surface area contributed by atoms with Gasteiger partial charge in [0.1, 0.15) is 17.1 Å². The van der Waals surface area contributed by atoms with Crippen molar-refractivity contribution in [2.24, 2.45) is 0 Å². The lowest BCUT2D eigenvalue weighted by Gasteiger charge is -2.39. The van der Waals surface area contributed by atoms with E-state index < -0.39 is 5.60 Å². The van der Waals surface area contributed by atoms with Crippen LogP contribution in [0.15, 0.2) is 22.7 Å². The van der Waals surface area contributed by atoms with E-state index in [1.54, 1.807) is 11.0 Å². The topological polar surface area (TPSA) is 58.8 Å². The van der Waals surface area contributed by atoms with E-state index in [2.05, 4.69) is 17.0 Å². The average Bonchev–Trinajstić information content (AvgIpc) is 2.90. The predicted molar refractivity (Wildman–Crippen MR) is 91.6 cm³/mol. The number of rotatable bonds is 2. The van der Waals surface area contributed by atoms with Gasteiger partial charge in [-0.3, -0.25) is 4.90 Å². The number of nitrogens with zero attached hydrogens (tertiary/aromatic N) is 3. The van der Waals surface area contributed by atoms with Gasteiger partial charge in [0.25, 0.3) is 0 Å². The first kappa shape index (κ1) is 17.7. The molecule has 1 unspecified atom stereocenters. The number of fused-ring (bicyclic) bond motifs is 1. The van der Waals surface area contributed by atoms with Crippen molar-refractivity contribution in [2.75, 3.05) is 19.6 Å². The average molecular weight is 349 g/mol. The first-order valence-electron chi connectivity index (χ1n) is 8.49.